The molecule has 0 aromatic rings. The molecule has 0 aliphatic rings. The Balaban J connectivity index is 2.97. The summed E-state index contributed by atoms with van der Waals surface area (Å²) < 4.78 is 0. The molecule has 0 bridgehead atoms. The molecule has 0 saturated carbocycles. The normalized spacial score (nSPS) is 10.5. The summed E-state index contributed by atoms with van der Waals surface area (Å²) in [6.07, 6.45) is 5.67. The molecule has 0 rings (SSSR count). The Labute approximate surface area is 69.7 Å². The van der Waals surface area contributed by atoms with Gasteiger partial charge in [-0.3, -0.25) is 5.41 Å². The van der Waals surface area contributed by atoms with Crippen LogP contribution in [0.1, 0.15) is 46.0 Å². The first-order valence-corrected chi connectivity index (χ1v) is 4.46. The Kier molecular flexibility index (Phi) is 5.90. The summed E-state index contributed by atoms with van der Waals surface area (Å²) >= 11 is 0. The van der Waals surface area contributed by atoms with Gasteiger partial charge in [0.2, 0.25) is 0 Å². The third kappa shape index (κ3) is 9.47. The SMILES string of the molecule is CC(C)CCCCCC(=N)N. The smallest absolute Gasteiger partial charge is 0.0905 e. The fraction of sp³-hybridized carbons (Fsp3) is 0.889. The molecule has 2 heteroatoms. The summed E-state index contributed by atoms with van der Waals surface area (Å²) in [4.78, 5) is 0. The van der Waals surface area contributed by atoms with Crippen molar-refractivity contribution in [2.45, 2.75) is 46.0 Å². The highest BCUT2D eigenvalue weighted by Gasteiger charge is 1.94. The molecule has 0 aromatic carbocycles. The zero-order chi connectivity index (χ0) is 8.69. The molecule has 2 nitrogen and oxygen atoms in total. The van der Waals surface area contributed by atoms with Crippen molar-refractivity contribution in [3.63, 3.8) is 0 Å². The van der Waals surface area contributed by atoms with Gasteiger partial charge in [0, 0.05) is 6.42 Å². The van der Waals surface area contributed by atoms with Gasteiger partial charge in [0.15, 0.2) is 0 Å². The number of hydrogen-bond donors (Lipinski definition) is 2. The van der Waals surface area contributed by atoms with Crippen molar-refractivity contribution in [2.75, 3.05) is 0 Å². The predicted molar refractivity (Wildman–Crippen MR) is 49.8 cm³/mol. The van der Waals surface area contributed by atoms with E-state index in [0.29, 0.717) is 5.84 Å². The summed E-state index contributed by atoms with van der Waals surface area (Å²) in [5.74, 6) is 1.14. The van der Waals surface area contributed by atoms with Gasteiger partial charge in [0.1, 0.15) is 0 Å². The van der Waals surface area contributed by atoms with Crippen LogP contribution in [0.15, 0.2) is 0 Å². The van der Waals surface area contributed by atoms with Crippen molar-refractivity contribution in [2.24, 2.45) is 11.7 Å². The maximum atomic E-state index is 6.99. The van der Waals surface area contributed by atoms with E-state index in [1.165, 1.54) is 19.3 Å². The minimum atomic E-state index is 0.328. The van der Waals surface area contributed by atoms with Crippen molar-refractivity contribution in [3.05, 3.63) is 0 Å². The molecule has 0 aliphatic heterocycles. The average Bonchev–Trinajstić information content (AvgIpc) is 1.85. The highest BCUT2D eigenvalue weighted by atomic mass is 14.7. The molecule has 11 heavy (non-hydrogen) atoms. The Morgan fingerprint density at radius 1 is 1.27 bits per heavy atom. The lowest BCUT2D eigenvalue weighted by Crippen LogP contribution is -2.08. The molecule has 0 heterocycles. The lowest BCUT2D eigenvalue weighted by Gasteiger charge is -2.03. The van der Waals surface area contributed by atoms with E-state index in [0.717, 1.165) is 18.8 Å². The Hall–Kier alpha value is -0.530. The second-order valence-corrected chi connectivity index (χ2v) is 3.52. The maximum absolute atomic E-state index is 6.99. The number of amidine groups is 1. The molecule has 0 atom stereocenters. The molecular formula is C9H20N2. The van der Waals surface area contributed by atoms with Crippen molar-refractivity contribution in [1.29, 1.82) is 5.41 Å². The second-order valence-electron chi connectivity index (χ2n) is 3.52. The van der Waals surface area contributed by atoms with E-state index in [-0.39, 0.29) is 0 Å². The van der Waals surface area contributed by atoms with Crippen LogP contribution < -0.4 is 5.73 Å². The highest BCUT2D eigenvalue weighted by molar-refractivity contribution is 5.76. The van der Waals surface area contributed by atoms with Gasteiger partial charge in [0.25, 0.3) is 0 Å². The summed E-state index contributed by atoms with van der Waals surface area (Å²) in [6, 6.07) is 0. The molecule has 0 spiro atoms. The summed E-state index contributed by atoms with van der Waals surface area (Å²) in [7, 11) is 0. The Morgan fingerprint density at radius 2 is 1.91 bits per heavy atom. The first-order valence-electron chi connectivity index (χ1n) is 4.46. The Morgan fingerprint density at radius 3 is 2.36 bits per heavy atom. The monoisotopic (exact) mass is 156 g/mol. The maximum Gasteiger partial charge on any atom is 0.0905 e. The van der Waals surface area contributed by atoms with Gasteiger partial charge in [-0.25, -0.2) is 0 Å². The molecule has 0 radical (unpaired) electrons. The van der Waals surface area contributed by atoms with Crippen LogP contribution in [-0.2, 0) is 0 Å². The topological polar surface area (TPSA) is 49.9 Å². The van der Waals surface area contributed by atoms with Crippen molar-refractivity contribution < 1.29 is 0 Å². The van der Waals surface area contributed by atoms with Crippen molar-refractivity contribution >= 4 is 5.84 Å². The largest absolute Gasteiger partial charge is 0.388 e. The number of nitrogens with one attached hydrogen (secondary N) is 1. The van der Waals surface area contributed by atoms with E-state index in [1.807, 2.05) is 0 Å². The van der Waals surface area contributed by atoms with Crippen LogP contribution in [-0.4, -0.2) is 5.84 Å². The van der Waals surface area contributed by atoms with Gasteiger partial charge in [0.05, 0.1) is 5.84 Å². The fourth-order valence-corrected chi connectivity index (χ4v) is 1.04. The van der Waals surface area contributed by atoms with E-state index in [4.69, 9.17) is 11.1 Å². The van der Waals surface area contributed by atoms with Crippen LogP contribution in [0.2, 0.25) is 0 Å². The predicted octanol–water partition coefficient (Wildman–Crippen LogP) is 2.53. The van der Waals surface area contributed by atoms with Gasteiger partial charge in [-0.1, -0.05) is 33.1 Å². The van der Waals surface area contributed by atoms with E-state index >= 15 is 0 Å². The van der Waals surface area contributed by atoms with Crippen LogP contribution in [0, 0.1) is 11.3 Å². The van der Waals surface area contributed by atoms with E-state index in [9.17, 15) is 0 Å². The van der Waals surface area contributed by atoms with Gasteiger partial charge in [-0.15, -0.1) is 0 Å². The van der Waals surface area contributed by atoms with Crippen molar-refractivity contribution in [1.82, 2.24) is 0 Å². The Bertz CT molecular complexity index is 108. The van der Waals surface area contributed by atoms with Crippen LogP contribution in [0.4, 0.5) is 0 Å². The first-order chi connectivity index (χ1) is 5.13. The lowest BCUT2D eigenvalue weighted by molar-refractivity contribution is 0.530. The molecule has 0 fully saturated rings. The van der Waals surface area contributed by atoms with Gasteiger partial charge < -0.3 is 5.73 Å². The molecule has 0 unspecified atom stereocenters. The second kappa shape index (κ2) is 6.20. The summed E-state index contributed by atoms with van der Waals surface area (Å²) in [5, 5.41) is 6.99. The first kappa shape index (κ1) is 10.5. The van der Waals surface area contributed by atoms with Crippen molar-refractivity contribution in [3.8, 4) is 0 Å². The number of rotatable bonds is 6. The summed E-state index contributed by atoms with van der Waals surface area (Å²) in [5.41, 5.74) is 5.22. The minimum absolute atomic E-state index is 0.328. The van der Waals surface area contributed by atoms with Crippen LogP contribution in [0.3, 0.4) is 0 Å². The standard InChI is InChI=1S/C9H20N2/c1-8(2)6-4-3-5-7-9(10)11/h8H,3-7H2,1-2H3,(H3,10,11). The molecular weight excluding hydrogens is 136 g/mol. The highest BCUT2D eigenvalue weighted by Crippen LogP contribution is 2.08. The van der Waals surface area contributed by atoms with E-state index in [2.05, 4.69) is 13.8 Å². The quantitative estimate of drug-likeness (QED) is 0.346. The minimum Gasteiger partial charge on any atom is -0.388 e. The third-order valence-corrected chi connectivity index (χ3v) is 1.73. The molecule has 0 amide bonds. The zero-order valence-corrected chi connectivity index (χ0v) is 7.69. The van der Waals surface area contributed by atoms with Crippen LogP contribution in [0.5, 0.6) is 0 Å². The molecule has 0 aliphatic carbocycles. The van der Waals surface area contributed by atoms with Crippen LogP contribution >= 0.6 is 0 Å². The molecule has 66 valence electrons. The lowest BCUT2D eigenvalue weighted by atomic mass is 10.0. The van der Waals surface area contributed by atoms with E-state index in [1.54, 1.807) is 0 Å². The van der Waals surface area contributed by atoms with E-state index < -0.39 is 0 Å². The molecule has 3 N–H and O–H groups in total. The number of hydrogen-bond acceptors (Lipinski definition) is 1. The van der Waals surface area contributed by atoms with Gasteiger partial charge >= 0.3 is 0 Å². The fourth-order valence-electron chi connectivity index (χ4n) is 1.04. The summed E-state index contributed by atoms with van der Waals surface area (Å²) in [6.45, 7) is 4.48. The van der Waals surface area contributed by atoms with Gasteiger partial charge in [-0.2, -0.15) is 0 Å². The average molecular weight is 156 g/mol. The number of nitrogens with two attached hydrogens (primary N) is 1. The zero-order valence-electron chi connectivity index (χ0n) is 7.69. The molecule has 0 aromatic heterocycles. The van der Waals surface area contributed by atoms with Crippen LogP contribution in [0.25, 0.3) is 0 Å². The molecule has 0 saturated heterocycles. The number of unbranched alkanes of at least 4 members (excludes halogenated alkanes) is 2. The third-order valence-electron chi connectivity index (χ3n) is 1.73. The van der Waals surface area contributed by atoms with Gasteiger partial charge in [-0.05, 0) is 12.3 Å².